The van der Waals surface area contributed by atoms with Gasteiger partial charge >= 0.3 is 0 Å². The van der Waals surface area contributed by atoms with Gasteiger partial charge in [0.25, 0.3) is 0 Å². The van der Waals surface area contributed by atoms with Gasteiger partial charge in [-0.15, -0.1) is 0 Å². The van der Waals surface area contributed by atoms with E-state index in [2.05, 4.69) is 4.72 Å². The van der Waals surface area contributed by atoms with Crippen LogP contribution < -0.4 is 10.5 Å². The Bertz CT molecular complexity index is 239. The molecule has 0 aliphatic carbocycles. The highest BCUT2D eigenvalue weighted by atomic mass is 32.2. The largest absolute Gasteiger partial charge is 0.383 e. The lowest BCUT2D eigenvalue weighted by Gasteiger charge is -2.21. The smallest absolute Gasteiger partial charge is 0.213 e. The molecule has 5 nitrogen and oxygen atoms in total. The average molecular weight is 224 g/mol. The summed E-state index contributed by atoms with van der Waals surface area (Å²) in [5, 5.41) is 0. The molecule has 3 N–H and O–H groups in total. The Balaban J connectivity index is 4.28. The number of methoxy groups -OCH3 is 1. The number of ether oxygens (including phenoxy) is 1. The van der Waals surface area contributed by atoms with Crippen LogP contribution in [0.4, 0.5) is 0 Å². The molecular formula is C8H20N2O3S. The number of sulfonamides is 1. The number of nitrogens with two attached hydrogens (primary N) is 1. The average Bonchev–Trinajstić information content (AvgIpc) is 2.02. The summed E-state index contributed by atoms with van der Waals surface area (Å²) in [6.07, 6.45) is 0. The van der Waals surface area contributed by atoms with Gasteiger partial charge in [0, 0.05) is 19.7 Å². The van der Waals surface area contributed by atoms with Gasteiger partial charge in [-0.1, -0.05) is 13.8 Å². The molecule has 0 heterocycles. The Kier molecular flexibility index (Phi) is 6.26. The Labute approximate surface area is 86.1 Å². The molecule has 0 aromatic rings. The van der Waals surface area contributed by atoms with Crippen molar-refractivity contribution in [1.29, 1.82) is 0 Å². The molecule has 0 bridgehead atoms. The number of nitrogens with one attached hydrogen (secondary N) is 1. The lowest BCUT2D eigenvalue weighted by atomic mass is 10.1. The van der Waals surface area contributed by atoms with Gasteiger partial charge < -0.3 is 10.5 Å². The maximum Gasteiger partial charge on any atom is 0.213 e. The number of hydrogen-bond acceptors (Lipinski definition) is 4. The molecule has 1 unspecified atom stereocenters. The first kappa shape index (κ1) is 13.8. The maximum absolute atomic E-state index is 11.4. The molecule has 0 aromatic carbocycles. The van der Waals surface area contributed by atoms with E-state index in [9.17, 15) is 8.42 Å². The van der Waals surface area contributed by atoms with E-state index >= 15 is 0 Å². The highest BCUT2D eigenvalue weighted by molar-refractivity contribution is 7.89. The molecule has 86 valence electrons. The molecule has 0 spiro atoms. The predicted molar refractivity (Wildman–Crippen MR) is 56.5 cm³/mol. The molecule has 14 heavy (non-hydrogen) atoms. The molecule has 0 rings (SSSR count). The van der Waals surface area contributed by atoms with Gasteiger partial charge in [0.15, 0.2) is 0 Å². The highest BCUT2D eigenvalue weighted by Gasteiger charge is 2.19. The fourth-order valence-corrected chi connectivity index (χ4v) is 2.22. The van der Waals surface area contributed by atoms with Gasteiger partial charge in [0.2, 0.25) is 10.0 Å². The van der Waals surface area contributed by atoms with Crippen LogP contribution in [0, 0.1) is 5.92 Å². The van der Waals surface area contributed by atoms with Crippen LogP contribution in [0.5, 0.6) is 0 Å². The summed E-state index contributed by atoms with van der Waals surface area (Å²) in [7, 11) is -1.70. The van der Waals surface area contributed by atoms with E-state index in [4.69, 9.17) is 10.5 Å². The lowest BCUT2D eigenvalue weighted by Crippen LogP contribution is -2.43. The van der Waals surface area contributed by atoms with Gasteiger partial charge in [-0.2, -0.15) is 0 Å². The van der Waals surface area contributed by atoms with Crippen LogP contribution in [0.25, 0.3) is 0 Å². The van der Waals surface area contributed by atoms with Crippen LogP contribution in [0.15, 0.2) is 0 Å². The second-order valence-corrected chi connectivity index (χ2v) is 5.40. The molecule has 0 aromatic heterocycles. The minimum absolute atomic E-state index is 0.0417. The summed E-state index contributed by atoms with van der Waals surface area (Å²) < 4.78 is 30.2. The van der Waals surface area contributed by atoms with Crippen molar-refractivity contribution < 1.29 is 13.2 Å². The summed E-state index contributed by atoms with van der Waals surface area (Å²) in [4.78, 5) is 0. The van der Waals surface area contributed by atoms with Crippen molar-refractivity contribution in [2.75, 3.05) is 26.0 Å². The van der Waals surface area contributed by atoms with Crippen LogP contribution >= 0.6 is 0 Å². The molecule has 6 heteroatoms. The van der Waals surface area contributed by atoms with E-state index in [1.165, 1.54) is 0 Å². The molecule has 1 atom stereocenters. The quantitative estimate of drug-likeness (QED) is 0.613. The van der Waals surface area contributed by atoms with E-state index < -0.39 is 10.0 Å². The van der Waals surface area contributed by atoms with Crippen molar-refractivity contribution >= 4 is 10.0 Å². The Morgan fingerprint density at radius 2 is 2.00 bits per heavy atom. The first-order chi connectivity index (χ1) is 6.43. The third-order valence-electron chi connectivity index (χ3n) is 1.87. The second-order valence-electron chi connectivity index (χ2n) is 3.53. The molecule has 0 fully saturated rings. The van der Waals surface area contributed by atoms with E-state index in [1.54, 1.807) is 7.11 Å². The molecule has 0 saturated carbocycles. The number of hydrogen-bond donors (Lipinski definition) is 2. The van der Waals surface area contributed by atoms with E-state index in [-0.39, 0.29) is 24.3 Å². The lowest BCUT2D eigenvalue weighted by molar-refractivity contribution is 0.157. The van der Waals surface area contributed by atoms with Gasteiger partial charge in [-0.3, -0.25) is 0 Å². The minimum atomic E-state index is -3.25. The molecule has 0 radical (unpaired) electrons. The third-order valence-corrected chi connectivity index (χ3v) is 3.30. The normalized spacial score (nSPS) is 14.6. The maximum atomic E-state index is 11.4. The Morgan fingerprint density at radius 1 is 1.43 bits per heavy atom. The van der Waals surface area contributed by atoms with Crippen LogP contribution in [0.2, 0.25) is 0 Å². The molecule has 0 aliphatic heterocycles. The van der Waals surface area contributed by atoms with Crippen LogP contribution in [-0.2, 0) is 14.8 Å². The van der Waals surface area contributed by atoms with Crippen molar-refractivity contribution in [2.24, 2.45) is 11.7 Å². The summed E-state index contributed by atoms with van der Waals surface area (Å²) in [5.74, 6) is 0.155. The summed E-state index contributed by atoms with van der Waals surface area (Å²) in [6, 6.07) is -0.184. The molecule has 0 amide bonds. The fourth-order valence-electron chi connectivity index (χ4n) is 0.987. The van der Waals surface area contributed by atoms with Crippen molar-refractivity contribution in [2.45, 2.75) is 19.9 Å². The summed E-state index contributed by atoms with van der Waals surface area (Å²) >= 11 is 0. The van der Waals surface area contributed by atoms with Crippen LogP contribution in [-0.4, -0.2) is 40.5 Å². The fraction of sp³-hybridized carbons (Fsp3) is 1.00. The third kappa shape index (κ3) is 5.54. The van der Waals surface area contributed by atoms with Gasteiger partial charge in [0.05, 0.1) is 12.4 Å². The second kappa shape index (κ2) is 6.34. The van der Waals surface area contributed by atoms with Crippen molar-refractivity contribution in [3.8, 4) is 0 Å². The SMILES string of the molecule is COCC(NS(=O)(=O)CCN)C(C)C. The van der Waals surface area contributed by atoms with E-state index in [1.807, 2.05) is 13.8 Å². The van der Waals surface area contributed by atoms with Crippen molar-refractivity contribution in [3.63, 3.8) is 0 Å². The van der Waals surface area contributed by atoms with Crippen LogP contribution in [0.3, 0.4) is 0 Å². The Morgan fingerprint density at radius 3 is 2.36 bits per heavy atom. The standard InChI is InChI=1S/C8H20N2O3S/c1-7(2)8(6-13-3)10-14(11,12)5-4-9/h7-8,10H,4-6,9H2,1-3H3. The highest BCUT2D eigenvalue weighted by Crippen LogP contribution is 2.03. The molecule has 0 aliphatic rings. The minimum Gasteiger partial charge on any atom is -0.383 e. The topological polar surface area (TPSA) is 81.4 Å². The van der Waals surface area contributed by atoms with Gasteiger partial charge in [0.1, 0.15) is 0 Å². The van der Waals surface area contributed by atoms with Crippen molar-refractivity contribution in [1.82, 2.24) is 4.72 Å². The first-order valence-corrected chi connectivity index (χ1v) is 6.27. The monoisotopic (exact) mass is 224 g/mol. The van der Waals surface area contributed by atoms with Crippen LogP contribution in [0.1, 0.15) is 13.8 Å². The van der Waals surface area contributed by atoms with Crippen molar-refractivity contribution in [3.05, 3.63) is 0 Å². The van der Waals surface area contributed by atoms with E-state index in [0.29, 0.717) is 6.61 Å². The van der Waals surface area contributed by atoms with E-state index in [0.717, 1.165) is 0 Å². The van der Waals surface area contributed by atoms with Gasteiger partial charge in [-0.05, 0) is 5.92 Å². The number of rotatable bonds is 7. The first-order valence-electron chi connectivity index (χ1n) is 4.62. The summed E-state index contributed by atoms with van der Waals surface area (Å²) in [5.41, 5.74) is 5.19. The Hall–Kier alpha value is -0.170. The zero-order chi connectivity index (χ0) is 11.2. The van der Waals surface area contributed by atoms with Gasteiger partial charge in [-0.25, -0.2) is 13.1 Å². The summed E-state index contributed by atoms with van der Waals surface area (Å²) in [6.45, 7) is 4.39. The molecular weight excluding hydrogens is 204 g/mol. The molecule has 0 saturated heterocycles. The zero-order valence-corrected chi connectivity index (χ0v) is 9.80. The zero-order valence-electron chi connectivity index (χ0n) is 8.99. The predicted octanol–water partition coefficient (Wildman–Crippen LogP) is -0.464.